The Morgan fingerprint density at radius 1 is 1.22 bits per heavy atom. The lowest BCUT2D eigenvalue weighted by Gasteiger charge is -2.37. The minimum absolute atomic E-state index is 0.213. The lowest BCUT2D eigenvalue weighted by atomic mass is 9.76. The van der Waals surface area contributed by atoms with Crippen LogP contribution in [0, 0.1) is 5.92 Å². The third-order valence-electron chi connectivity index (χ3n) is 5.49. The zero-order valence-electron chi connectivity index (χ0n) is 15.8. The molecule has 3 atom stereocenters. The van der Waals surface area contributed by atoms with E-state index in [1.807, 2.05) is 37.3 Å². The van der Waals surface area contributed by atoms with Gasteiger partial charge in [-0.2, -0.15) is 0 Å². The predicted molar refractivity (Wildman–Crippen MR) is 106 cm³/mol. The number of hydrogen-bond acceptors (Lipinski definition) is 4. The topological polar surface area (TPSA) is 47.6 Å². The summed E-state index contributed by atoms with van der Waals surface area (Å²) in [4.78, 5) is 12.3. The first kappa shape index (κ1) is 17.7. The number of nitrogens with one attached hydrogen (secondary N) is 1. The van der Waals surface area contributed by atoms with Crippen molar-refractivity contribution < 1.29 is 14.3 Å². The van der Waals surface area contributed by atoms with Gasteiger partial charge in [0.15, 0.2) is 0 Å². The van der Waals surface area contributed by atoms with E-state index < -0.39 is 0 Å². The fraction of sp³-hybridized carbons (Fsp3) is 0.348. The average Bonchev–Trinajstić information content (AvgIpc) is 3.21. The Morgan fingerprint density at radius 3 is 2.93 bits per heavy atom. The van der Waals surface area contributed by atoms with Crippen LogP contribution >= 0.6 is 0 Å². The molecule has 27 heavy (non-hydrogen) atoms. The zero-order valence-corrected chi connectivity index (χ0v) is 15.8. The van der Waals surface area contributed by atoms with Crippen molar-refractivity contribution in [1.82, 2.24) is 0 Å². The molecule has 0 radical (unpaired) electrons. The summed E-state index contributed by atoms with van der Waals surface area (Å²) in [5.74, 6) is 1.35. The molecule has 2 aromatic rings. The van der Waals surface area contributed by atoms with Crippen molar-refractivity contribution in [3.63, 3.8) is 0 Å². The zero-order chi connectivity index (χ0) is 18.8. The summed E-state index contributed by atoms with van der Waals surface area (Å²) in [6, 6.07) is 14.3. The highest BCUT2D eigenvalue weighted by Crippen LogP contribution is 2.50. The summed E-state index contributed by atoms with van der Waals surface area (Å²) < 4.78 is 10.7. The SMILES string of the molecule is CCCOC(=O)c1ccc2c(c1)C1C=CCC1C(c1cccc(OC)c1)N2. The normalized spacial score (nSPS) is 22.5. The molecule has 0 saturated carbocycles. The molecule has 1 aliphatic heterocycles. The Morgan fingerprint density at radius 2 is 2.11 bits per heavy atom. The van der Waals surface area contributed by atoms with E-state index in [1.54, 1.807) is 7.11 Å². The van der Waals surface area contributed by atoms with Gasteiger partial charge in [0, 0.05) is 11.6 Å². The molecule has 1 N–H and O–H groups in total. The van der Waals surface area contributed by atoms with Crippen LogP contribution in [0.3, 0.4) is 0 Å². The number of hydrogen-bond donors (Lipinski definition) is 1. The minimum atomic E-state index is -0.243. The maximum absolute atomic E-state index is 12.3. The fourth-order valence-electron chi connectivity index (χ4n) is 4.16. The van der Waals surface area contributed by atoms with Crippen LogP contribution in [-0.2, 0) is 4.74 Å². The first-order chi connectivity index (χ1) is 13.2. The summed E-state index contributed by atoms with van der Waals surface area (Å²) in [5, 5.41) is 3.70. The number of rotatable bonds is 5. The third-order valence-corrected chi connectivity index (χ3v) is 5.49. The largest absolute Gasteiger partial charge is 0.497 e. The van der Waals surface area contributed by atoms with E-state index in [4.69, 9.17) is 9.47 Å². The van der Waals surface area contributed by atoms with Crippen LogP contribution in [0.1, 0.15) is 53.2 Å². The number of benzene rings is 2. The number of esters is 1. The summed E-state index contributed by atoms with van der Waals surface area (Å²) >= 11 is 0. The van der Waals surface area contributed by atoms with Gasteiger partial charge in [-0.25, -0.2) is 4.79 Å². The van der Waals surface area contributed by atoms with Gasteiger partial charge in [-0.1, -0.05) is 31.2 Å². The van der Waals surface area contributed by atoms with Gasteiger partial charge in [-0.15, -0.1) is 0 Å². The van der Waals surface area contributed by atoms with Crippen LogP contribution in [0.25, 0.3) is 0 Å². The van der Waals surface area contributed by atoms with Crippen molar-refractivity contribution in [2.45, 2.75) is 31.7 Å². The maximum Gasteiger partial charge on any atom is 0.338 e. The molecule has 0 saturated heterocycles. The molecule has 1 aliphatic carbocycles. The molecule has 0 bridgehead atoms. The monoisotopic (exact) mass is 363 g/mol. The number of carbonyl (C=O) groups excluding carboxylic acids is 1. The lowest BCUT2D eigenvalue weighted by Crippen LogP contribution is -2.29. The quantitative estimate of drug-likeness (QED) is 0.594. The first-order valence-corrected chi connectivity index (χ1v) is 9.59. The second-order valence-electron chi connectivity index (χ2n) is 7.19. The highest BCUT2D eigenvalue weighted by atomic mass is 16.5. The van der Waals surface area contributed by atoms with E-state index in [2.05, 4.69) is 29.6 Å². The molecule has 4 rings (SSSR count). The van der Waals surface area contributed by atoms with Gasteiger partial charge in [0.25, 0.3) is 0 Å². The molecule has 0 spiro atoms. The van der Waals surface area contributed by atoms with Crippen molar-refractivity contribution in [2.75, 3.05) is 19.0 Å². The van der Waals surface area contributed by atoms with E-state index in [9.17, 15) is 4.79 Å². The number of carbonyl (C=O) groups is 1. The molecule has 140 valence electrons. The molecule has 2 aliphatic rings. The first-order valence-electron chi connectivity index (χ1n) is 9.59. The maximum atomic E-state index is 12.3. The van der Waals surface area contributed by atoms with E-state index in [-0.39, 0.29) is 12.0 Å². The Kier molecular flexibility index (Phi) is 4.88. The molecule has 4 heteroatoms. The second kappa shape index (κ2) is 7.47. The minimum Gasteiger partial charge on any atom is -0.497 e. The van der Waals surface area contributed by atoms with Crippen LogP contribution in [-0.4, -0.2) is 19.7 Å². The average molecular weight is 363 g/mol. The number of ether oxygens (including phenoxy) is 2. The Hall–Kier alpha value is -2.75. The predicted octanol–water partition coefficient (Wildman–Crippen LogP) is 5.09. The van der Waals surface area contributed by atoms with Gasteiger partial charge in [0.05, 0.1) is 25.3 Å². The molecule has 2 aromatic carbocycles. The van der Waals surface area contributed by atoms with Crippen LogP contribution in [0.4, 0.5) is 5.69 Å². The Balaban J connectivity index is 1.67. The lowest BCUT2D eigenvalue weighted by molar-refractivity contribution is 0.0505. The van der Waals surface area contributed by atoms with Crippen LogP contribution in [0.2, 0.25) is 0 Å². The van der Waals surface area contributed by atoms with Crippen molar-refractivity contribution in [3.05, 3.63) is 71.3 Å². The molecule has 0 fully saturated rings. The summed E-state index contributed by atoms with van der Waals surface area (Å²) in [7, 11) is 1.70. The molecule has 0 aromatic heterocycles. The number of methoxy groups -OCH3 is 1. The van der Waals surface area contributed by atoms with E-state index in [0.29, 0.717) is 24.0 Å². The van der Waals surface area contributed by atoms with Crippen LogP contribution < -0.4 is 10.1 Å². The van der Waals surface area contributed by atoms with Gasteiger partial charge in [-0.05, 0) is 60.2 Å². The summed E-state index contributed by atoms with van der Waals surface area (Å²) in [6.45, 7) is 2.45. The van der Waals surface area contributed by atoms with Gasteiger partial charge in [-0.3, -0.25) is 0 Å². The third kappa shape index (κ3) is 3.32. The van der Waals surface area contributed by atoms with Crippen molar-refractivity contribution in [1.29, 1.82) is 0 Å². The van der Waals surface area contributed by atoms with Gasteiger partial charge >= 0.3 is 5.97 Å². The fourth-order valence-corrected chi connectivity index (χ4v) is 4.16. The van der Waals surface area contributed by atoms with Crippen molar-refractivity contribution >= 4 is 11.7 Å². The van der Waals surface area contributed by atoms with E-state index >= 15 is 0 Å². The van der Waals surface area contributed by atoms with Gasteiger partial charge in [0.2, 0.25) is 0 Å². The summed E-state index contributed by atoms with van der Waals surface area (Å²) in [5.41, 5.74) is 4.12. The van der Waals surface area contributed by atoms with Gasteiger partial charge in [0.1, 0.15) is 5.75 Å². The molecule has 4 nitrogen and oxygen atoms in total. The highest BCUT2D eigenvalue weighted by Gasteiger charge is 2.38. The summed E-state index contributed by atoms with van der Waals surface area (Å²) in [6.07, 6.45) is 6.37. The number of allylic oxidation sites excluding steroid dienone is 2. The molecule has 3 unspecified atom stereocenters. The molecular formula is C23H25NO3. The van der Waals surface area contributed by atoms with Gasteiger partial charge < -0.3 is 14.8 Å². The molecule has 1 heterocycles. The van der Waals surface area contributed by atoms with Crippen molar-refractivity contribution in [3.8, 4) is 5.75 Å². The van der Waals surface area contributed by atoms with E-state index in [1.165, 1.54) is 11.1 Å². The van der Waals surface area contributed by atoms with E-state index in [0.717, 1.165) is 24.3 Å². The smallest absolute Gasteiger partial charge is 0.338 e. The standard InChI is InChI=1S/C23H25NO3/c1-3-12-27-23(25)16-10-11-21-20(14-16)18-8-5-9-19(18)22(24-21)15-6-4-7-17(13-15)26-2/h4-8,10-11,13-14,18-19,22,24H,3,9,12H2,1-2H3. The number of anilines is 1. The van der Waals surface area contributed by atoms with Crippen LogP contribution in [0.5, 0.6) is 5.75 Å². The Bertz CT molecular complexity index is 874. The molecular weight excluding hydrogens is 338 g/mol. The Labute approximate surface area is 160 Å². The van der Waals surface area contributed by atoms with Crippen molar-refractivity contribution in [2.24, 2.45) is 5.92 Å². The highest BCUT2D eigenvalue weighted by molar-refractivity contribution is 5.90. The number of fused-ring (bicyclic) bond motifs is 3. The van der Waals surface area contributed by atoms with Crippen LogP contribution in [0.15, 0.2) is 54.6 Å². The molecule has 0 amide bonds. The second-order valence-corrected chi connectivity index (χ2v) is 7.19.